The topological polar surface area (TPSA) is 0 Å². The second kappa shape index (κ2) is 6.44. The maximum absolute atomic E-state index is 5.90. The number of hydrogen-bond acceptors (Lipinski definition) is 0. The lowest BCUT2D eigenvalue weighted by molar-refractivity contribution is 0.177. The van der Waals surface area contributed by atoms with Gasteiger partial charge in [0.25, 0.3) is 0 Å². The van der Waals surface area contributed by atoms with E-state index in [1.165, 1.54) is 37.7 Å². The molecule has 1 heteroatoms. The third-order valence-corrected chi connectivity index (χ3v) is 4.19. The third kappa shape index (κ3) is 5.12. The van der Waals surface area contributed by atoms with Crippen molar-refractivity contribution >= 4 is 11.6 Å². The first-order valence-corrected chi connectivity index (χ1v) is 6.98. The molecule has 0 amide bonds. The summed E-state index contributed by atoms with van der Waals surface area (Å²) in [5.41, 5.74) is 1.92. The molecule has 1 aliphatic rings. The average molecular weight is 253 g/mol. The summed E-state index contributed by atoms with van der Waals surface area (Å²) in [6, 6.07) is 0. The summed E-state index contributed by atoms with van der Waals surface area (Å²) in [5.74, 6) is 0.919. The minimum atomic E-state index is 0.502. The van der Waals surface area contributed by atoms with Crippen molar-refractivity contribution < 1.29 is 0 Å². The van der Waals surface area contributed by atoms with E-state index >= 15 is 0 Å². The highest BCUT2D eigenvalue weighted by molar-refractivity contribution is 6.31. The zero-order valence-corrected chi connectivity index (χ0v) is 12.2. The van der Waals surface area contributed by atoms with Crippen LogP contribution in [0.25, 0.3) is 0 Å². The molecule has 0 aromatic heterocycles. The molecule has 1 rings (SSSR count). The molecule has 0 bridgehead atoms. The van der Waals surface area contributed by atoms with Gasteiger partial charge in [0, 0.05) is 5.03 Å². The Kier molecular flexibility index (Phi) is 5.52. The van der Waals surface area contributed by atoms with E-state index in [0.29, 0.717) is 10.4 Å². The number of hydrogen-bond donors (Lipinski definition) is 0. The Morgan fingerprint density at radius 2 is 1.94 bits per heavy atom. The lowest BCUT2D eigenvalue weighted by Crippen LogP contribution is -2.23. The summed E-state index contributed by atoms with van der Waals surface area (Å²) in [4.78, 5) is 0. The molecule has 96 valence electrons. The van der Waals surface area contributed by atoms with Crippen LogP contribution in [-0.4, -0.2) is 0 Å². The van der Waals surface area contributed by atoms with E-state index in [1.807, 2.05) is 6.08 Å². The van der Waals surface area contributed by atoms with Gasteiger partial charge in [0.1, 0.15) is 0 Å². The van der Waals surface area contributed by atoms with E-state index in [1.54, 1.807) is 6.08 Å². The molecular weight excluding hydrogens is 228 g/mol. The highest BCUT2D eigenvalue weighted by Gasteiger charge is 2.29. The Morgan fingerprint density at radius 3 is 2.47 bits per heavy atom. The van der Waals surface area contributed by atoms with Crippen LogP contribution in [0.2, 0.25) is 0 Å². The first-order chi connectivity index (χ1) is 7.95. The molecule has 0 aliphatic heterocycles. The largest absolute Gasteiger partial charge is 0.0976 e. The summed E-state index contributed by atoms with van der Waals surface area (Å²) in [7, 11) is 0. The van der Waals surface area contributed by atoms with Gasteiger partial charge in [-0.25, -0.2) is 0 Å². The molecule has 1 aliphatic carbocycles. The van der Waals surface area contributed by atoms with Crippen molar-refractivity contribution in [1.29, 1.82) is 0 Å². The van der Waals surface area contributed by atoms with Crippen molar-refractivity contribution in [2.45, 2.75) is 52.9 Å². The van der Waals surface area contributed by atoms with Crippen LogP contribution in [0.1, 0.15) is 52.9 Å². The summed E-state index contributed by atoms with van der Waals surface area (Å²) in [6.07, 6.45) is 12.4. The third-order valence-electron chi connectivity index (χ3n) is 3.91. The lowest BCUT2D eigenvalue weighted by Gasteiger charge is -2.36. The fourth-order valence-electron chi connectivity index (χ4n) is 2.66. The van der Waals surface area contributed by atoms with Crippen molar-refractivity contribution in [3.05, 3.63) is 35.4 Å². The smallest absolute Gasteiger partial charge is 0.0400 e. The van der Waals surface area contributed by atoms with Crippen LogP contribution in [0.3, 0.4) is 0 Å². The Morgan fingerprint density at radius 1 is 1.35 bits per heavy atom. The van der Waals surface area contributed by atoms with Crippen LogP contribution < -0.4 is 0 Å². The fraction of sp³-hybridized carbons (Fsp3) is 0.625. The van der Waals surface area contributed by atoms with Crippen LogP contribution >= 0.6 is 11.6 Å². The molecule has 1 saturated carbocycles. The molecule has 0 aromatic carbocycles. The number of rotatable bonds is 4. The Balaban J connectivity index is 2.55. The van der Waals surface area contributed by atoms with E-state index < -0.39 is 0 Å². The van der Waals surface area contributed by atoms with Gasteiger partial charge in [0.05, 0.1) is 0 Å². The van der Waals surface area contributed by atoms with Crippen molar-refractivity contribution in [3.8, 4) is 0 Å². The highest BCUT2D eigenvalue weighted by Crippen LogP contribution is 2.42. The van der Waals surface area contributed by atoms with Gasteiger partial charge in [-0.1, -0.05) is 62.6 Å². The minimum Gasteiger partial charge on any atom is -0.0976 e. The minimum absolute atomic E-state index is 0.502. The number of allylic oxidation sites excluding steroid dienone is 5. The Hall–Kier alpha value is -0.490. The molecule has 17 heavy (non-hydrogen) atoms. The van der Waals surface area contributed by atoms with Gasteiger partial charge in [-0.3, -0.25) is 0 Å². The van der Waals surface area contributed by atoms with E-state index in [0.717, 1.165) is 5.92 Å². The van der Waals surface area contributed by atoms with Crippen LogP contribution in [-0.2, 0) is 0 Å². The SMILES string of the molecule is C=C/C(Cl)=C\C=C(/C)CC1(C)CCC(C)CC1. The molecule has 0 radical (unpaired) electrons. The molecule has 0 aromatic rings. The molecular formula is C16H25Cl. The van der Waals surface area contributed by atoms with Gasteiger partial charge in [-0.05, 0) is 43.6 Å². The maximum atomic E-state index is 5.90. The van der Waals surface area contributed by atoms with E-state index in [4.69, 9.17) is 11.6 Å². The fourth-order valence-corrected chi connectivity index (χ4v) is 2.72. The first kappa shape index (κ1) is 14.6. The molecule has 0 atom stereocenters. The predicted molar refractivity (Wildman–Crippen MR) is 78.2 cm³/mol. The van der Waals surface area contributed by atoms with Gasteiger partial charge in [0.2, 0.25) is 0 Å². The zero-order valence-electron chi connectivity index (χ0n) is 11.4. The lowest BCUT2D eigenvalue weighted by atomic mass is 9.69. The first-order valence-electron chi connectivity index (χ1n) is 6.60. The number of halogens is 1. The van der Waals surface area contributed by atoms with Gasteiger partial charge in [-0.15, -0.1) is 0 Å². The molecule has 0 saturated heterocycles. The van der Waals surface area contributed by atoms with Crippen molar-refractivity contribution in [2.75, 3.05) is 0 Å². The zero-order chi connectivity index (χ0) is 12.9. The monoisotopic (exact) mass is 252 g/mol. The second-order valence-electron chi connectivity index (χ2n) is 5.94. The normalized spacial score (nSPS) is 31.4. The Bertz CT molecular complexity index is 314. The van der Waals surface area contributed by atoms with E-state index in [-0.39, 0.29) is 0 Å². The van der Waals surface area contributed by atoms with Crippen molar-refractivity contribution in [3.63, 3.8) is 0 Å². The quantitative estimate of drug-likeness (QED) is 0.551. The van der Waals surface area contributed by atoms with Gasteiger partial charge in [0.15, 0.2) is 0 Å². The van der Waals surface area contributed by atoms with Crippen LogP contribution in [0.5, 0.6) is 0 Å². The molecule has 0 spiro atoms. The van der Waals surface area contributed by atoms with Gasteiger partial charge >= 0.3 is 0 Å². The van der Waals surface area contributed by atoms with Crippen LogP contribution in [0, 0.1) is 11.3 Å². The summed E-state index contributed by atoms with van der Waals surface area (Å²) in [6.45, 7) is 10.6. The predicted octanol–water partition coefficient (Wildman–Crippen LogP) is 5.85. The van der Waals surface area contributed by atoms with Crippen LogP contribution in [0.15, 0.2) is 35.4 Å². The highest BCUT2D eigenvalue weighted by atomic mass is 35.5. The molecule has 0 N–H and O–H groups in total. The summed E-state index contributed by atoms with van der Waals surface area (Å²) < 4.78 is 0. The van der Waals surface area contributed by atoms with E-state index in [9.17, 15) is 0 Å². The van der Waals surface area contributed by atoms with Crippen molar-refractivity contribution in [1.82, 2.24) is 0 Å². The molecule has 1 fully saturated rings. The molecule has 0 heterocycles. The molecule has 0 unspecified atom stereocenters. The second-order valence-corrected chi connectivity index (χ2v) is 6.38. The van der Waals surface area contributed by atoms with Gasteiger partial charge in [-0.2, -0.15) is 0 Å². The standard InChI is InChI=1S/C16H25Cl/c1-5-15(17)7-6-14(3)12-16(4)10-8-13(2)9-11-16/h5-7,13H,1,8-12H2,2-4H3/b14-6+,15-7+. The van der Waals surface area contributed by atoms with Gasteiger partial charge < -0.3 is 0 Å². The van der Waals surface area contributed by atoms with E-state index in [2.05, 4.69) is 33.4 Å². The average Bonchev–Trinajstić information content (AvgIpc) is 2.30. The Labute approximate surface area is 111 Å². The van der Waals surface area contributed by atoms with Crippen molar-refractivity contribution in [2.24, 2.45) is 11.3 Å². The maximum Gasteiger partial charge on any atom is 0.0400 e. The summed E-state index contributed by atoms with van der Waals surface area (Å²) in [5, 5.41) is 0.715. The summed E-state index contributed by atoms with van der Waals surface area (Å²) >= 11 is 5.90. The molecule has 0 nitrogen and oxygen atoms in total. The van der Waals surface area contributed by atoms with Crippen LogP contribution in [0.4, 0.5) is 0 Å².